The highest BCUT2D eigenvalue weighted by molar-refractivity contribution is 9.10. The van der Waals surface area contributed by atoms with Crippen LogP contribution in [0.4, 0.5) is 16.2 Å². The molecule has 1 heterocycles. The molecule has 0 bridgehead atoms. The zero-order valence-electron chi connectivity index (χ0n) is 21.3. The lowest BCUT2D eigenvalue weighted by Gasteiger charge is -2.14. The molecule has 0 spiro atoms. The number of benzene rings is 3. The molecule has 1 aliphatic heterocycles. The fourth-order valence-electron chi connectivity index (χ4n) is 3.76. The van der Waals surface area contributed by atoms with Crippen molar-refractivity contribution in [2.45, 2.75) is 6.61 Å². The SMILES string of the molecule is COc1ccccc1NC(=O)CN1C(=O)N/C(=C/c2cc(OC)c(OCc3ccc([N+](=O)[O-])cc3)cc2Br)C1=O. The number of carbonyl (C=O) groups is 3. The lowest BCUT2D eigenvalue weighted by molar-refractivity contribution is -0.384. The minimum absolute atomic E-state index is 0.0226. The van der Waals surface area contributed by atoms with Gasteiger partial charge in [0, 0.05) is 16.6 Å². The molecule has 4 rings (SSSR count). The van der Waals surface area contributed by atoms with Crippen LogP contribution in [0.3, 0.4) is 0 Å². The van der Waals surface area contributed by atoms with Crippen molar-refractivity contribution in [2.24, 2.45) is 0 Å². The average Bonchev–Trinajstić information content (AvgIpc) is 3.20. The van der Waals surface area contributed by atoms with Crippen molar-refractivity contribution in [3.8, 4) is 17.2 Å². The number of amides is 4. The highest BCUT2D eigenvalue weighted by Gasteiger charge is 2.35. The summed E-state index contributed by atoms with van der Waals surface area (Å²) in [6, 6.07) is 15.2. The lowest BCUT2D eigenvalue weighted by atomic mass is 10.1. The van der Waals surface area contributed by atoms with Gasteiger partial charge in [-0.15, -0.1) is 0 Å². The van der Waals surface area contributed by atoms with E-state index in [0.29, 0.717) is 38.5 Å². The molecule has 4 amide bonds. The molecule has 0 saturated carbocycles. The lowest BCUT2D eigenvalue weighted by Crippen LogP contribution is -2.38. The number of anilines is 1. The predicted molar refractivity (Wildman–Crippen MR) is 148 cm³/mol. The molecule has 13 heteroatoms. The quantitative estimate of drug-likeness (QED) is 0.148. The zero-order valence-corrected chi connectivity index (χ0v) is 22.9. The van der Waals surface area contributed by atoms with Crippen molar-refractivity contribution >= 4 is 51.2 Å². The predicted octanol–water partition coefficient (Wildman–Crippen LogP) is 4.48. The number of nitrogens with one attached hydrogen (secondary N) is 2. The molecule has 3 aromatic carbocycles. The fourth-order valence-corrected chi connectivity index (χ4v) is 4.20. The van der Waals surface area contributed by atoms with Gasteiger partial charge in [-0.2, -0.15) is 0 Å². The standard InChI is InChI=1S/C27H23BrN4O8/c1-38-22-6-4-3-5-20(22)29-25(33)14-31-26(34)21(30-27(31)35)11-17-12-23(39-2)24(13-19(17)28)40-15-16-7-9-18(10-8-16)32(36)37/h3-13H,14-15H2,1-2H3,(H,29,33)(H,30,35)/b21-11+. The number of halogens is 1. The maximum absolute atomic E-state index is 12.9. The van der Waals surface area contributed by atoms with Crippen LogP contribution in [0.25, 0.3) is 6.08 Å². The largest absolute Gasteiger partial charge is 0.495 e. The molecule has 40 heavy (non-hydrogen) atoms. The number of para-hydroxylation sites is 2. The number of nitro groups is 1. The summed E-state index contributed by atoms with van der Waals surface area (Å²) in [5, 5.41) is 16.0. The number of hydrogen-bond acceptors (Lipinski definition) is 8. The minimum atomic E-state index is -0.738. The van der Waals surface area contributed by atoms with Crippen molar-refractivity contribution in [1.29, 1.82) is 0 Å². The number of nitro benzene ring substituents is 1. The van der Waals surface area contributed by atoms with Gasteiger partial charge in [-0.25, -0.2) is 9.69 Å². The summed E-state index contributed by atoms with van der Waals surface area (Å²) in [5.41, 5.74) is 1.57. The van der Waals surface area contributed by atoms with E-state index in [9.17, 15) is 24.5 Å². The highest BCUT2D eigenvalue weighted by atomic mass is 79.9. The third kappa shape index (κ3) is 6.38. The molecule has 0 aliphatic carbocycles. The van der Waals surface area contributed by atoms with Gasteiger partial charge >= 0.3 is 6.03 Å². The van der Waals surface area contributed by atoms with Crippen molar-refractivity contribution < 1.29 is 33.5 Å². The van der Waals surface area contributed by atoms with Gasteiger partial charge < -0.3 is 24.8 Å². The number of imide groups is 1. The van der Waals surface area contributed by atoms with Crippen LogP contribution in [0.15, 0.2) is 70.8 Å². The molecule has 2 N–H and O–H groups in total. The van der Waals surface area contributed by atoms with Crippen LogP contribution in [0.5, 0.6) is 17.2 Å². The van der Waals surface area contributed by atoms with Crippen molar-refractivity contribution in [3.05, 3.63) is 92.1 Å². The van der Waals surface area contributed by atoms with Crippen LogP contribution in [-0.2, 0) is 16.2 Å². The normalized spacial score (nSPS) is 13.7. The second-order valence-corrected chi connectivity index (χ2v) is 9.22. The highest BCUT2D eigenvalue weighted by Crippen LogP contribution is 2.35. The van der Waals surface area contributed by atoms with Gasteiger partial charge in [-0.3, -0.25) is 19.7 Å². The van der Waals surface area contributed by atoms with E-state index >= 15 is 0 Å². The fraction of sp³-hybridized carbons (Fsp3) is 0.148. The maximum Gasteiger partial charge on any atom is 0.329 e. The molecule has 0 unspecified atom stereocenters. The third-order valence-electron chi connectivity index (χ3n) is 5.77. The van der Waals surface area contributed by atoms with Crippen LogP contribution in [0, 0.1) is 10.1 Å². The van der Waals surface area contributed by atoms with E-state index in [1.807, 2.05) is 0 Å². The molecule has 0 atom stereocenters. The van der Waals surface area contributed by atoms with E-state index in [1.165, 1.54) is 32.4 Å². The molecular weight excluding hydrogens is 588 g/mol. The molecule has 3 aromatic rings. The van der Waals surface area contributed by atoms with E-state index < -0.39 is 29.3 Å². The molecule has 1 saturated heterocycles. The Bertz CT molecular complexity index is 1510. The first-order chi connectivity index (χ1) is 19.2. The second kappa shape index (κ2) is 12.3. The van der Waals surface area contributed by atoms with Gasteiger partial charge in [0.1, 0.15) is 24.6 Å². The van der Waals surface area contributed by atoms with Gasteiger partial charge in [0.25, 0.3) is 11.6 Å². The van der Waals surface area contributed by atoms with Gasteiger partial charge in [-0.1, -0.05) is 28.1 Å². The summed E-state index contributed by atoms with van der Waals surface area (Å²) in [6.45, 7) is -0.373. The van der Waals surface area contributed by atoms with Crippen LogP contribution in [0.2, 0.25) is 0 Å². The van der Waals surface area contributed by atoms with Gasteiger partial charge in [0.05, 0.1) is 24.8 Å². The first kappa shape index (κ1) is 28.1. The van der Waals surface area contributed by atoms with Crippen molar-refractivity contribution in [3.63, 3.8) is 0 Å². The third-order valence-corrected chi connectivity index (χ3v) is 6.46. The summed E-state index contributed by atoms with van der Waals surface area (Å²) in [4.78, 5) is 49.1. The number of methoxy groups -OCH3 is 2. The van der Waals surface area contributed by atoms with Gasteiger partial charge in [0.2, 0.25) is 5.91 Å². The van der Waals surface area contributed by atoms with E-state index in [1.54, 1.807) is 48.5 Å². The van der Waals surface area contributed by atoms with Gasteiger partial charge in [0.15, 0.2) is 11.5 Å². The Hall–Kier alpha value is -4.91. The summed E-state index contributed by atoms with van der Waals surface area (Å²) in [6.07, 6.45) is 1.45. The smallest absolute Gasteiger partial charge is 0.329 e. The Labute approximate surface area is 236 Å². The number of urea groups is 1. The molecule has 1 aliphatic rings. The molecule has 0 aromatic heterocycles. The number of ether oxygens (including phenoxy) is 3. The van der Waals surface area contributed by atoms with Crippen LogP contribution in [-0.4, -0.2) is 48.4 Å². The molecule has 0 radical (unpaired) electrons. The Morgan fingerprint density at radius 1 is 1.05 bits per heavy atom. The van der Waals surface area contributed by atoms with Crippen molar-refractivity contribution in [2.75, 3.05) is 26.1 Å². The van der Waals surface area contributed by atoms with Crippen LogP contribution >= 0.6 is 15.9 Å². The first-order valence-corrected chi connectivity index (χ1v) is 12.5. The number of hydrogen-bond donors (Lipinski definition) is 2. The number of rotatable bonds is 10. The Morgan fingerprint density at radius 3 is 2.42 bits per heavy atom. The van der Waals surface area contributed by atoms with E-state index in [2.05, 4.69) is 26.6 Å². The molecule has 1 fully saturated rings. The topological polar surface area (TPSA) is 149 Å². The number of non-ortho nitro benzene ring substituents is 1. The Kier molecular flexibility index (Phi) is 8.64. The number of nitrogens with zero attached hydrogens (tertiary/aromatic N) is 2. The molecule has 206 valence electrons. The summed E-state index contributed by atoms with van der Waals surface area (Å²) < 4.78 is 17.0. The maximum atomic E-state index is 12.9. The second-order valence-electron chi connectivity index (χ2n) is 8.36. The van der Waals surface area contributed by atoms with E-state index in [4.69, 9.17) is 14.2 Å². The van der Waals surface area contributed by atoms with E-state index in [-0.39, 0.29) is 18.0 Å². The Morgan fingerprint density at radius 2 is 1.75 bits per heavy atom. The zero-order chi connectivity index (χ0) is 28.8. The molecule has 12 nitrogen and oxygen atoms in total. The van der Waals surface area contributed by atoms with Crippen molar-refractivity contribution in [1.82, 2.24) is 10.2 Å². The van der Waals surface area contributed by atoms with E-state index in [0.717, 1.165) is 4.90 Å². The average molecular weight is 611 g/mol. The van der Waals surface area contributed by atoms with Crippen LogP contribution < -0.4 is 24.8 Å². The van der Waals surface area contributed by atoms with Gasteiger partial charge in [-0.05, 0) is 53.6 Å². The summed E-state index contributed by atoms with van der Waals surface area (Å²) in [5.74, 6) is -0.0863. The Balaban J connectivity index is 1.46. The molecular formula is C27H23BrN4O8. The summed E-state index contributed by atoms with van der Waals surface area (Å²) >= 11 is 3.44. The first-order valence-electron chi connectivity index (χ1n) is 11.7. The monoisotopic (exact) mass is 610 g/mol. The summed E-state index contributed by atoms with van der Waals surface area (Å²) in [7, 11) is 2.91. The number of carbonyl (C=O) groups excluding carboxylic acids is 3. The minimum Gasteiger partial charge on any atom is -0.495 e. The van der Waals surface area contributed by atoms with Crippen LogP contribution in [0.1, 0.15) is 11.1 Å².